The zero-order valence-electron chi connectivity index (χ0n) is 15.8. The van der Waals surface area contributed by atoms with Gasteiger partial charge in [0.25, 0.3) is 5.91 Å². The van der Waals surface area contributed by atoms with Gasteiger partial charge in [0.2, 0.25) is 5.88 Å². The second kappa shape index (κ2) is 8.84. The number of aryl methyl sites for hydroxylation is 1. The Morgan fingerprint density at radius 2 is 2.07 bits per heavy atom. The van der Waals surface area contributed by atoms with Gasteiger partial charge in [0.05, 0.1) is 13.7 Å². The van der Waals surface area contributed by atoms with E-state index < -0.39 is 5.82 Å². The zero-order chi connectivity index (χ0) is 19.2. The molecule has 27 heavy (non-hydrogen) atoms. The molecule has 1 heterocycles. The van der Waals surface area contributed by atoms with Crippen molar-refractivity contribution in [3.63, 3.8) is 0 Å². The smallest absolute Gasteiger partial charge is 0.257 e. The third-order valence-electron chi connectivity index (χ3n) is 4.95. The van der Waals surface area contributed by atoms with Crippen LogP contribution in [0.25, 0.3) is 0 Å². The Morgan fingerprint density at radius 3 is 2.78 bits per heavy atom. The second-order valence-corrected chi connectivity index (χ2v) is 6.92. The number of rotatable bonds is 7. The predicted molar refractivity (Wildman–Crippen MR) is 101 cm³/mol. The highest BCUT2D eigenvalue weighted by Crippen LogP contribution is 2.27. The second-order valence-electron chi connectivity index (χ2n) is 6.92. The van der Waals surface area contributed by atoms with Gasteiger partial charge in [0, 0.05) is 12.7 Å². The SMILES string of the molecule is COc1ccc(CNC(=O)c2c(C)ccnc2OCC2CCCC2)cc1F. The summed E-state index contributed by atoms with van der Waals surface area (Å²) in [6.07, 6.45) is 6.45. The largest absolute Gasteiger partial charge is 0.494 e. The third kappa shape index (κ3) is 4.76. The minimum atomic E-state index is -0.456. The van der Waals surface area contributed by atoms with Crippen molar-refractivity contribution >= 4 is 5.91 Å². The number of amides is 1. The van der Waals surface area contributed by atoms with Crippen LogP contribution in [0, 0.1) is 18.7 Å². The number of methoxy groups -OCH3 is 1. The summed E-state index contributed by atoms with van der Waals surface area (Å²) in [4.78, 5) is 17.0. The van der Waals surface area contributed by atoms with Crippen molar-refractivity contribution in [1.82, 2.24) is 10.3 Å². The van der Waals surface area contributed by atoms with Gasteiger partial charge in [0.15, 0.2) is 11.6 Å². The predicted octanol–water partition coefficient (Wildman–Crippen LogP) is 4.04. The van der Waals surface area contributed by atoms with Crippen LogP contribution in [0.2, 0.25) is 0 Å². The molecule has 1 aromatic carbocycles. The maximum Gasteiger partial charge on any atom is 0.257 e. The van der Waals surface area contributed by atoms with Crippen molar-refractivity contribution in [3.8, 4) is 11.6 Å². The number of nitrogens with one attached hydrogen (secondary N) is 1. The van der Waals surface area contributed by atoms with Gasteiger partial charge in [-0.1, -0.05) is 18.9 Å². The van der Waals surface area contributed by atoms with E-state index in [2.05, 4.69) is 10.3 Å². The molecule has 1 aliphatic rings. The van der Waals surface area contributed by atoms with Crippen molar-refractivity contribution in [2.24, 2.45) is 5.92 Å². The fourth-order valence-electron chi connectivity index (χ4n) is 3.38. The molecule has 0 saturated heterocycles. The quantitative estimate of drug-likeness (QED) is 0.797. The number of ether oxygens (including phenoxy) is 2. The van der Waals surface area contributed by atoms with Gasteiger partial charge in [-0.05, 0) is 55.0 Å². The van der Waals surface area contributed by atoms with Crippen LogP contribution in [0.15, 0.2) is 30.5 Å². The van der Waals surface area contributed by atoms with Crippen molar-refractivity contribution in [2.45, 2.75) is 39.2 Å². The first kappa shape index (κ1) is 19.1. The molecule has 0 spiro atoms. The van der Waals surface area contributed by atoms with Gasteiger partial charge in [-0.15, -0.1) is 0 Å². The lowest BCUT2D eigenvalue weighted by molar-refractivity contribution is 0.0944. The third-order valence-corrected chi connectivity index (χ3v) is 4.95. The first-order chi connectivity index (χ1) is 13.1. The van der Waals surface area contributed by atoms with E-state index in [9.17, 15) is 9.18 Å². The molecule has 2 aromatic rings. The fourth-order valence-corrected chi connectivity index (χ4v) is 3.38. The lowest BCUT2D eigenvalue weighted by Crippen LogP contribution is -2.25. The van der Waals surface area contributed by atoms with Crippen molar-refractivity contribution in [3.05, 3.63) is 53.0 Å². The average Bonchev–Trinajstić information content (AvgIpc) is 3.18. The molecule has 1 N–H and O–H groups in total. The Bertz CT molecular complexity index is 804. The molecule has 1 aliphatic carbocycles. The van der Waals surface area contributed by atoms with E-state index in [1.54, 1.807) is 24.4 Å². The highest BCUT2D eigenvalue weighted by molar-refractivity contribution is 5.97. The summed E-state index contributed by atoms with van der Waals surface area (Å²) in [5, 5.41) is 2.82. The molecule has 5 nitrogen and oxygen atoms in total. The van der Waals surface area contributed by atoms with Crippen LogP contribution in [-0.2, 0) is 6.54 Å². The number of hydrogen-bond acceptors (Lipinski definition) is 4. The minimum absolute atomic E-state index is 0.177. The Balaban J connectivity index is 1.67. The van der Waals surface area contributed by atoms with Gasteiger partial charge in [-0.25, -0.2) is 9.37 Å². The van der Waals surface area contributed by atoms with E-state index in [4.69, 9.17) is 9.47 Å². The number of nitrogens with zero attached hydrogens (tertiary/aromatic N) is 1. The van der Waals surface area contributed by atoms with Gasteiger partial charge in [-0.3, -0.25) is 4.79 Å². The number of carbonyl (C=O) groups is 1. The first-order valence-corrected chi connectivity index (χ1v) is 9.27. The van der Waals surface area contributed by atoms with E-state index >= 15 is 0 Å². The van der Waals surface area contributed by atoms with Gasteiger partial charge in [-0.2, -0.15) is 0 Å². The summed E-state index contributed by atoms with van der Waals surface area (Å²) in [7, 11) is 1.41. The molecular weight excluding hydrogens is 347 g/mol. The molecule has 1 fully saturated rings. The van der Waals surface area contributed by atoms with Crippen LogP contribution in [0.3, 0.4) is 0 Å². The molecule has 0 bridgehead atoms. The van der Waals surface area contributed by atoms with E-state index in [1.165, 1.54) is 26.0 Å². The van der Waals surface area contributed by atoms with Gasteiger partial charge >= 0.3 is 0 Å². The monoisotopic (exact) mass is 372 g/mol. The number of pyridine rings is 1. The number of halogens is 1. The molecule has 1 amide bonds. The standard InChI is InChI=1S/C21H25FN2O3/c1-14-9-10-23-21(27-13-15-5-3-4-6-15)19(14)20(25)24-12-16-7-8-18(26-2)17(22)11-16/h7-11,15H,3-6,12-13H2,1-2H3,(H,24,25). The molecule has 0 atom stereocenters. The Hall–Kier alpha value is -2.63. The molecule has 144 valence electrons. The van der Waals surface area contributed by atoms with Gasteiger partial charge in [0.1, 0.15) is 5.56 Å². The van der Waals surface area contributed by atoms with Crippen molar-refractivity contribution in [2.75, 3.05) is 13.7 Å². The normalized spacial score (nSPS) is 14.2. The van der Waals surface area contributed by atoms with Gasteiger partial charge < -0.3 is 14.8 Å². The Labute approximate surface area is 158 Å². The zero-order valence-corrected chi connectivity index (χ0v) is 15.8. The van der Waals surface area contributed by atoms with Crippen LogP contribution >= 0.6 is 0 Å². The highest BCUT2D eigenvalue weighted by Gasteiger charge is 2.20. The number of aromatic nitrogens is 1. The molecular formula is C21H25FN2O3. The number of carbonyl (C=O) groups excluding carboxylic acids is 1. The lowest BCUT2D eigenvalue weighted by Gasteiger charge is -2.15. The summed E-state index contributed by atoms with van der Waals surface area (Å²) in [5.74, 6) is 0.335. The van der Waals surface area contributed by atoms with Crippen LogP contribution in [-0.4, -0.2) is 24.6 Å². The van der Waals surface area contributed by atoms with Crippen LogP contribution in [0.4, 0.5) is 4.39 Å². The van der Waals surface area contributed by atoms with Crippen LogP contribution < -0.4 is 14.8 Å². The summed E-state index contributed by atoms with van der Waals surface area (Å²) in [5.41, 5.74) is 1.88. The Kier molecular flexibility index (Phi) is 6.27. The summed E-state index contributed by atoms with van der Waals surface area (Å²) in [6.45, 7) is 2.64. The summed E-state index contributed by atoms with van der Waals surface area (Å²) < 4.78 is 24.6. The minimum Gasteiger partial charge on any atom is -0.494 e. The average molecular weight is 372 g/mol. The lowest BCUT2D eigenvalue weighted by atomic mass is 10.1. The molecule has 0 radical (unpaired) electrons. The van der Waals surface area contributed by atoms with E-state index in [0.29, 0.717) is 29.5 Å². The number of benzene rings is 1. The van der Waals surface area contributed by atoms with Crippen molar-refractivity contribution in [1.29, 1.82) is 0 Å². The fraction of sp³-hybridized carbons (Fsp3) is 0.429. The van der Waals surface area contributed by atoms with Crippen LogP contribution in [0.1, 0.15) is 47.2 Å². The van der Waals surface area contributed by atoms with E-state index in [1.807, 2.05) is 6.92 Å². The molecule has 0 unspecified atom stereocenters. The van der Waals surface area contributed by atoms with E-state index in [0.717, 1.165) is 18.4 Å². The Morgan fingerprint density at radius 1 is 1.30 bits per heavy atom. The molecule has 6 heteroatoms. The molecule has 3 rings (SSSR count). The highest BCUT2D eigenvalue weighted by atomic mass is 19.1. The first-order valence-electron chi connectivity index (χ1n) is 9.27. The summed E-state index contributed by atoms with van der Waals surface area (Å²) in [6, 6.07) is 6.40. The summed E-state index contributed by atoms with van der Waals surface area (Å²) >= 11 is 0. The number of hydrogen-bond donors (Lipinski definition) is 1. The molecule has 1 saturated carbocycles. The van der Waals surface area contributed by atoms with E-state index in [-0.39, 0.29) is 18.2 Å². The molecule has 1 aromatic heterocycles. The topological polar surface area (TPSA) is 60.5 Å². The maximum atomic E-state index is 13.8. The van der Waals surface area contributed by atoms with Crippen LogP contribution in [0.5, 0.6) is 11.6 Å². The maximum absolute atomic E-state index is 13.8. The molecule has 0 aliphatic heterocycles. The van der Waals surface area contributed by atoms with Crippen molar-refractivity contribution < 1.29 is 18.7 Å².